The molecule has 0 aliphatic carbocycles. The lowest BCUT2D eigenvalue weighted by Crippen LogP contribution is -2.46. The van der Waals surface area contributed by atoms with Crippen molar-refractivity contribution in [2.24, 2.45) is 0 Å². The first kappa shape index (κ1) is 18.1. The summed E-state index contributed by atoms with van der Waals surface area (Å²) >= 11 is 0. The Morgan fingerprint density at radius 3 is 2.43 bits per heavy atom. The van der Waals surface area contributed by atoms with E-state index in [0.29, 0.717) is 13.2 Å². The predicted molar refractivity (Wildman–Crippen MR) is 84.9 cm³/mol. The summed E-state index contributed by atoms with van der Waals surface area (Å²) < 4.78 is 32.7. The van der Waals surface area contributed by atoms with Crippen molar-refractivity contribution in [1.29, 1.82) is 0 Å². The predicted octanol–water partition coefficient (Wildman–Crippen LogP) is 1.67. The molecule has 0 fully saturated rings. The Hall–Kier alpha value is -0.950. The van der Waals surface area contributed by atoms with Gasteiger partial charge in [-0.15, -0.1) is 0 Å². The van der Waals surface area contributed by atoms with E-state index in [-0.39, 0.29) is 4.90 Å². The van der Waals surface area contributed by atoms with Gasteiger partial charge < -0.3 is 10.1 Å². The van der Waals surface area contributed by atoms with Crippen LogP contribution < -0.4 is 10.0 Å². The Labute approximate surface area is 128 Å². The summed E-state index contributed by atoms with van der Waals surface area (Å²) in [6.45, 7) is 6.60. The van der Waals surface area contributed by atoms with Crippen molar-refractivity contribution in [3.8, 4) is 0 Å². The topological polar surface area (TPSA) is 67.4 Å². The van der Waals surface area contributed by atoms with E-state index >= 15 is 0 Å². The number of hydrogen-bond donors (Lipinski definition) is 2. The quantitative estimate of drug-likeness (QED) is 0.766. The monoisotopic (exact) mass is 314 g/mol. The van der Waals surface area contributed by atoms with Gasteiger partial charge >= 0.3 is 0 Å². The van der Waals surface area contributed by atoms with Crippen LogP contribution in [0.15, 0.2) is 23.1 Å². The Morgan fingerprint density at radius 2 is 1.90 bits per heavy atom. The second-order valence-electron chi connectivity index (χ2n) is 5.74. The molecule has 0 unspecified atom stereocenters. The van der Waals surface area contributed by atoms with Gasteiger partial charge in [-0.3, -0.25) is 0 Å². The number of hydrogen-bond acceptors (Lipinski definition) is 4. The summed E-state index contributed by atoms with van der Waals surface area (Å²) in [5.41, 5.74) is 1.51. The first-order valence-electron chi connectivity index (χ1n) is 7.05. The maximum absolute atomic E-state index is 12.5. The number of ether oxygens (including phenoxy) is 1. The lowest BCUT2D eigenvalue weighted by molar-refractivity contribution is 0.141. The van der Waals surface area contributed by atoms with Gasteiger partial charge in [-0.2, -0.15) is 0 Å². The number of rotatable bonds is 8. The molecule has 0 aliphatic heterocycles. The molecule has 0 atom stereocenters. The molecule has 0 aromatic heterocycles. The van der Waals surface area contributed by atoms with Crippen molar-refractivity contribution < 1.29 is 13.2 Å². The lowest BCUT2D eigenvalue weighted by atomic mass is 10.1. The van der Waals surface area contributed by atoms with Crippen LogP contribution in [0.4, 0.5) is 0 Å². The normalized spacial score (nSPS) is 12.6. The van der Waals surface area contributed by atoms with E-state index in [1.165, 1.54) is 0 Å². The molecule has 0 radical (unpaired) electrons. The molecule has 0 aliphatic rings. The van der Waals surface area contributed by atoms with Crippen LogP contribution in [0.25, 0.3) is 0 Å². The van der Waals surface area contributed by atoms with E-state index in [2.05, 4.69) is 17.0 Å². The number of nitrogens with one attached hydrogen (secondary N) is 2. The third-order valence-electron chi connectivity index (χ3n) is 3.15. The van der Waals surface area contributed by atoms with E-state index in [1.807, 2.05) is 13.1 Å². The summed E-state index contributed by atoms with van der Waals surface area (Å²) in [7, 11) is -0.163. The second kappa shape index (κ2) is 7.35. The summed E-state index contributed by atoms with van der Waals surface area (Å²) in [5.74, 6) is 0. The number of benzene rings is 1. The minimum Gasteiger partial charge on any atom is -0.383 e. The van der Waals surface area contributed by atoms with Gasteiger partial charge in [-0.25, -0.2) is 13.1 Å². The number of aryl methyl sites for hydroxylation is 1. The Kier molecular flexibility index (Phi) is 6.34. The van der Waals surface area contributed by atoms with Gasteiger partial charge in [0.05, 0.1) is 17.0 Å². The Balaban J connectivity index is 3.11. The molecule has 1 aromatic carbocycles. The number of methoxy groups -OCH3 is 1. The van der Waals surface area contributed by atoms with Crippen LogP contribution >= 0.6 is 0 Å². The standard InChI is InChI=1S/C15H26N2O3S/c1-6-12-7-8-14(9-13(12)10-16-4)21(18,19)17-15(2,3)11-20-5/h7-9,16-17H,6,10-11H2,1-5H3. The van der Waals surface area contributed by atoms with Crippen LogP contribution in [0, 0.1) is 0 Å². The minimum atomic E-state index is -3.56. The molecular formula is C15H26N2O3S. The van der Waals surface area contributed by atoms with E-state index in [9.17, 15) is 8.42 Å². The van der Waals surface area contributed by atoms with Gasteiger partial charge in [0.1, 0.15) is 0 Å². The molecule has 0 spiro atoms. The Morgan fingerprint density at radius 1 is 1.24 bits per heavy atom. The average Bonchev–Trinajstić information content (AvgIpc) is 2.37. The van der Waals surface area contributed by atoms with Gasteiger partial charge in [0.15, 0.2) is 0 Å². The van der Waals surface area contributed by atoms with Gasteiger partial charge in [0, 0.05) is 13.7 Å². The fourth-order valence-electron chi connectivity index (χ4n) is 2.28. The highest BCUT2D eigenvalue weighted by Crippen LogP contribution is 2.19. The third kappa shape index (κ3) is 5.07. The molecular weight excluding hydrogens is 288 g/mol. The maximum Gasteiger partial charge on any atom is 0.241 e. The summed E-state index contributed by atoms with van der Waals surface area (Å²) in [5, 5.41) is 3.07. The molecule has 120 valence electrons. The Bertz CT molecular complexity index is 568. The fraction of sp³-hybridized carbons (Fsp3) is 0.600. The van der Waals surface area contributed by atoms with E-state index in [1.54, 1.807) is 33.1 Å². The van der Waals surface area contributed by atoms with Crippen molar-refractivity contribution in [3.05, 3.63) is 29.3 Å². The zero-order valence-corrected chi connectivity index (χ0v) is 14.3. The molecule has 5 nitrogen and oxygen atoms in total. The van der Waals surface area contributed by atoms with Gasteiger partial charge in [0.25, 0.3) is 0 Å². The average molecular weight is 314 g/mol. The van der Waals surface area contributed by atoms with E-state index in [0.717, 1.165) is 17.5 Å². The third-order valence-corrected chi connectivity index (χ3v) is 4.85. The van der Waals surface area contributed by atoms with Crippen molar-refractivity contribution >= 4 is 10.0 Å². The van der Waals surface area contributed by atoms with Crippen molar-refractivity contribution in [2.45, 2.75) is 44.2 Å². The van der Waals surface area contributed by atoms with Crippen LogP contribution in [0.2, 0.25) is 0 Å². The summed E-state index contributed by atoms with van der Waals surface area (Å²) in [4.78, 5) is 0.286. The highest BCUT2D eigenvalue weighted by molar-refractivity contribution is 7.89. The maximum atomic E-state index is 12.5. The number of sulfonamides is 1. The molecule has 0 amide bonds. The SMILES string of the molecule is CCc1ccc(S(=O)(=O)NC(C)(C)COC)cc1CNC. The van der Waals surface area contributed by atoms with Crippen LogP contribution in [0.5, 0.6) is 0 Å². The molecule has 2 N–H and O–H groups in total. The summed E-state index contributed by atoms with van der Waals surface area (Å²) in [6.07, 6.45) is 0.875. The fourth-order valence-corrected chi connectivity index (χ4v) is 3.73. The molecule has 6 heteroatoms. The zero-order chi connectivity index (χ0) is 16.1. The van der Waals surface area contributed by atoms with Crippen molar-refractivity contribution in [2.75, 3.05) is 20.8 Å². The first-order valence-corrected chi connectivity index (χ1v) is 8.53. The van der Waals surface area contributed by atoms with Crippen LogP contribution in [-0.4, -0.2) is 34.7 Å². The van der Waals surface area contributed by atoms with Crippen molar-refractivity contribution in [1.82, 2.24) is 10.0 Å². The highest BCUT2D eigenvalue weighted by Gasteiger charge is 2.26. The minimum absolute atomic E-state index is 0.286. The van der Waals surface area contributed by atoms with Gasteiger partial charge in [-0.1, -0.05) is 13.0 Å². The van der Waals surface area contributed by atoms with E-state index in [4.69, 9.17) is 4.74 Å². The molecule has 0 bridgehead atoms. The van der Waals surface area contributed by atoms with Gasteiger partial charge in [-0.05, 0) is 50.6 Å². The molecule has 21 heavy (non-hydrogen) atoms. The van der Waals surface area contributed by atoms with Crippen LogP contribution in [0.3, 0.4) is 0 Å². The lowest BCUT2D eigenvalue weighted by Gasteiger charge is -2.25. The molecule has 0 heterocycles. The van der Waals surface area contributed by atoms with E-state index < -0.39 is 15.6 Å². The van der Waals surface area contributed by atoms with Gasteiger partial charge in [0.2, 0.25) is 10.0 Å². The molecule has 0 saturated heterocycles. The second-order valence-corrected chi connectivity index (χ2v) is 7.42. The largest absolute Gasteiger partial charge is 0.383 e. The highest BCUT2D eigenvalue weighted by atomic mass is 32.2. The smallest absolute Gasteiger partial charge is 0.241 e. The molecule has 0 saturated carbocycles. The van der Waals surface area contributed by atoms with Crippen molar-refractivity contribution in [3.63, 3.8) is 0 Å². The van der Waals surface area contributed by atoms with Crippen LogP contribution in [-0.2, 0) is 27.7 Å². The summed E-state index contributed by atoms with van der Waals surface area (Å²) in [6, 6.07) is 5.27. The zero-order valence-electron chi connectivity index (χ0n) is 13.5. The molecule has 1 rings (SSSR count). The van der Waals surface area contributed by atoms with Crippen LogP contribution in [0.1, 0.15) is 31.9 Å². The molecule has 1 aromatic rings. The first-order chi connectivity index (χ1) is 9.75.